The van der Waals surface area contributed by atoms with Crippen molar-refractivity contribution in [3.8, 4) is 0 Å². The van der Waals surface area contributed by atoms with Crippen molar-refractivity contribution in [1.82, 2.24) is 9.72 Å². The molecule has 0 aliphatic heterocycles. The summed E-state index contributed by atoms with van der Waals surface area (Å²) in [5, 5.41) is 3.56. The fourth-order valence-corrected chi connectivity index (χ4v) is 4.08. The monoisotopic (exact) mass is 361 g/mol. The molecule has 0 amide bonds. The normalized spacial score (nSPS) is 13.8. The largest absolute Gasteiger partial charge is 0.378 e. The highest BCUT2D eigenvalue weighted by atomic mass is 16.1. The molecule has 27 heavy (non-hydrogen) atoms. The summed E-state index contributed by atoms with van der Waals surface area (Å²) in [6.45, 7) is 1.77. The predicted molar refractivity (Wildman–Crippen MR) is 111 cm³/mol. The van der Waals surface area contributed by atoms with Gasteiger partial charge in [-0.15, -0.1) is 0 Å². The van der Waals surface area contributed by atoms with Gasteiger partial charge in [0.05, 0.1) is 5.69 Å². The van der Waals surface area contributed by atoms with E-state index in [1.54, 1.807) is 0 Å². The Morgan fingerprint density at radius 3 is 2.67 bits per heavy atom. The van der Waals surface area contributed by atoms with Crippen molar-refractivity contribution in [2.45, 2.75) is 32.2 Å². The number of hydrogen-bond donors (Lipinski definition) is 1. The van der Waals surface area contributed by atoms with Crippen LogP contribution in [-0.2, 0) is 19.4 Å². The van der Waals surface area contributed by atoms with Crippen molar-refractivity contribution in [2.24, 2.45) is 0 Å². The lowest BCUT2D eigenvalue weighted by Crippen LogP contribution is -2.18. The van der Waals surface area contributed by atoms with E-state index in [1.165, 1.54) is 27.9 Å². The molecule has 140 valence electrons. The third-order valence-electron chi connectivity index (χ3n) is 5.49. The molecule has 0 unspecified atom stereocenters. The number of carbonyl (C=O) groups excluding carboxylic acids is 1. The highest BCUT2D eigenvalue weighted by Crippen LogP contribution is 2.30. The summed E-state index contributed by atoms with van der Waals surface area (Å²) < 4.78 is 2.10. The Labute approximate surface area is 160 Å². The summed E-state index contributed by atoms with van der Waals surface area (Å²) in [5.74, 6) is 0.289. The van der Waals surface area contributed by atoms with Gasteiger partial charge >= 0.3 is 0 Å². The zero-order chi connectivity index (χ0) is 18.8. The highest BCUT2D eigenvalue weighted by molar-refractivity contribution is 5.99. The highest BCUT2D eigenvalue weighted by Gasteiger charge is 2.25. The summed E-state index contributed by atoms with van der Waals surface area (Å²) in [5.41, 5.74) is 7.24. The fourth-order valence-electron chi connectivity index (χ4n) is 4.08. The quantitative estimate of drug-likeness (QED) is 0.678. The van der Waals surface area contributed by atoms with Gasteiger partial charge in [0.25, 0.3) is 0 Å². The maximum atomic E-state index is 12.5. The molecule has 2 heterocycles. The number of carbonyl (C=O) groups is 1. The Balaban J connectivity index is 1.46. The topological polar surface area (TPSA) is 36.8 Å². The van der Waals surface area contributed by atoms with Gasteiger partial charge in [-0.2, -0.15) is 0 Å². The minimum Gasteiger partial charge on any atom is -0.378 e. The van der Waals surface area contributed by atoms with Crippen molar-refractivity contribution in [1.29, 1.82) is 0 Å². The van der Waals surface area contributed by atoms with Gasteiger partial charge in [0, 0.05) is 44.5 Å². The summed E-state index contributed by atoms with van der Waals surface area (Å²) in [7, 11) is 4.11. The lowest BCUT2D eigenvalue weighted by atomic mass is 9.92. The van der Waals surface area contributed by atoms with Crippen molar-refractivity contribution >= 4 is 17.0 Å². The van der Waals surface area contributed by atoms with Gasteiger partial charge in [-0.1, -0.05) is 18.2 Å². The van der Waals surface area contributed by atoms with Crippen molar-refractivity contribution in [3.63, 3.8) is 0 Å². The SMILES string of the molecule is CN(C)c1ccc(CNCCc2c3c(n4ccccc24)C(=O)CCC3)cc1. The first-order valence-corrected chi connectivity index (χ1v) is 9.76. The first-order chi connectivity index (χ1) is 13.1. The average molecular weight is 361 g/mol. The van der Waals surface area contributed by atoms with Crippen molar-refractivity contribution < 1.29 is 4.79 Å². The van der Waals surface area contributed by atoms with Crippen LogP contribution in [0.3, 0.4) is 0 Å². The van der Waals surface area contributed by atoms with Crippen molar-refractivity contribution in [2.75, 3.05) is 25.5 Å². The van der Waals surface area contributed by atoms with Crippen LogP contribution in [0.5, 0.6) is 0 Å². The molecule has 4 nitrogen and oxygen atoms in total. The van der Waals surface area contributed by atoms with Gasteiger partial charge in [0.15, 0.2) is 5.78 Å². The molecule has 0 bridgehead atoms. The number of nitrogens with one attached hydrogen (secondary N) is 1. The van der Waals surface area contributed by atoms with Gasteiger partial charge in [-0.05, 0) is 66.8 Å². The standard InChI is InChI=1S/C23H27N3O/c1-25(2)18-11-9-17(10-12-18)16-24-14-13-19-20-6-5-8-22(27)23(20)26-15-4-3-7-21(19)26/h3-4,7,9-12,15,24H,5-6,8,13-14,16H2,1-2H3. The number of rotatable bonds is 6. The lowest BCUT2D eigenvalue weighted by molar-refractivity contribution is 0.0966. The second-order valence-corrected chi connectivity index (χ2v) is 7.53. The summed E-state index contributed by atoms with van der Waals surface area (Å²) >= 11 is 0. The molecule has 0 atom stereocenters. The first-order valence-electron chi connectivity index (χ1n) is 9.76. The van der Waals surface area contributed by atoms with E-state index < -0.39 is 0 Å². The maximum absolute atomic E-state index is 12.5. The number of benzene rings is 1. The van der Waals surface area contributed by atoms with Crippen LogP contribution in [0.15, 0.2) is 48.7 Å². The van der Waals surface area contributed by atoms with E-state index in [4.69, 9.17) is 0 Å². The Bertz CT molecular complexity index is 954. The van der Waals surface area contributed by atoms with Crippen LogP contribution in [0, 0.1) is 0 Å². The molecule has 4 heteroatoms. The number of hydrogen-bond acceptors (Lipinski definition) is 3. The number of ketones is 1. The molecule has 0 saturated carbocycles. The van der Waals surface area contributed by atoms with Crippen LogP contribution in [0.25, 0.3) is 5.52 Å². The van der Waals surface area contributed by atoms with E-state index in [2.05, 4.69) is 65.1 Å². The molecule has 0 saturated heterocycles. The number of Topliss-reactive ketones (excluding diaryl/α,β-unsaturated/α-hetero) is 1. The number of aromatic nitrogens is 1. The van der Waals surface area contributed by atoms with Crippen LogP contribution in [0.4, 0.5) is 5.69 Å². The predicted octanol–water partition coefficient (Wildman–Crippen LogP) is 3.86. The zero-order valence-electron chi connectivity index (χ0n) is 16.2. The van der Waals surface area contributed by atoms with Gasteiger partial charge in [0.2, 0.25) is 0 Å². The Hall–Kier alpha value is -2.59. The second-order valence-electron chi connectivity index (χ2n) is 7.53. The van der Waals surface area contributed by atoms with Gasteiger partial charge in [-0.3, -0.25) is 4.79 Å². The third kappa shape index (κ3) is 3.50. The van der Waals surface area contributed by atoms with Gasteiger partial charge < -0.3 is 14.6 Å². The maximum Gasteiger partial charge on any atom is 0.179 e. The average Bonchev–Trinajstić information content (AvgIpc) is 3.01. The molecule has 4 rings (SSSR count). The van der Waals surface area contributed by atoms with E-state index >= 15 is 0 Å². The van der Waals surface area contributed by atoms with Crippen molar-refractivity contribution in [3.05, 3.63) is 71.0 Å². The second kappa shape index (κ2) is 7.57. The molecule has 1 N–H and O–H groups in total. The van der Waals surface area contributed by atoms with Crippen LogP contribution in [0.2, 0.25) is 0 Å². The minimum absolute atomic E-state index is 0.289. The molecule has 0 fully saturated rings. The molecule has 3 aromatic rings. The minimum atomic E-state index is 0.289. The summed E-state index contributed by atoms with van der Waals surface area (Å²) in [6.07, 6.45) is 5.65. The van der Waals surface area contributed by atoms with Crippen LogP contribution >= 0.6 is 0 Å². The molecule has 0 spiro atoms. The molecule has 0 radical (unpaired) electrons. The van der Waals surface area contributed by atoms with Gasteiger partial charge in [0.1, 0.15) is 0 Å². The molecular formula is C23H27N3O. The first kappa shape index (κ1) is 17.8. The molecule has 1 aliphatic rings. The smallest absolute Gasteiger partial charge is 0.179 e. The fraction of sp³-hybridized carbons (Fsp3) is 0.348. The number of nitrogens with zero attached hydrogens (tertiary/aromatic N) is 2. The van der Waals surface area contributed by atoms with Crippen LogP contribution < -0.4 is 10.2 Å². The molecular weight excluding hydrogens is 334 g/mol. The van der Waals surface area contributed by atoms with E-state index in [-0.39, 0.29) is 5.78 Å². The Morgan fingerprint density at radius 2 is 1.89 bits per heavy atom. The third-order valence-corrected chi connectivity index (χ3v) is 5.49. The van der Waals surface area contributed by atoms with E-state index in [0.717, 1.165) is 38.0 Å². The summed E-state index contributed by atoms with van der Waals surface area (Å²) in [6, 6.07) is 14.9. The number of fused-ring (bicyclic) bond motifs is 3. The summed E-state index contributed by atoms with van der Waals surface area (Å²) in [4.78, 5) is 14.6. The van der Waals surface area contributed by atoms with E-state index in [0.29, 0.717) is 6.42 Å². The molecule has 2 aromatic heterocycles. The molecule has 1 aliphatic carbocycles. The zero-order valence-corrected chi connectivity index (χ0v) is 16.2. The van der Waals surface area contributed by atoms with E-state index in [1.807, 2.05) is 12.3 Å². The van der Waals surface area contributed by atoms with E-state index in [9.17, 15) is 4.79 Å². The van der Waals surface area contributed by atoms with Crippen LogP contribution in [-0.4, -0.2) is 30.8 Å². The Kier molecular flexibility index (Phi) is 4.99. The number of pyridine rings is 1. The lowest BCUT2D eigenvalue weighted by Gasteiger charge is -2.13. The van der Waals surface area contributed by atoms with Crippen LogP contribution in [0.1, 0.15) is 40.0 Å². The molecule has 1 aromatic carbocycles. The number of anilines is 1. The Morgan fingerprint density at radius 1 is 1.07 bits per heavy atom. The van der Waals surface area contributed by atoms with Gasteiger partial charge in [-0.25, -0.2) is 0 Å².